The van der Waals surface area contributed by atoms with Crippen molar-refractivity contribution in [1.82, 2.24) is 5.32 Å². The summed E-state index contributed by atoms with van der Waals surface area (Å²) in [5.74, 6) is 0.808. The van der Waals surface area contributed by atoms with Gasteiger partial charge in [0.05, 0.1) is 5.56 Å². The van der Waals surface area contributed by atoms with E-state index in [1.165, 1.54) is 26.2 Å². The van der Waals surface area contributed by atoms with E-state index in [9.17, 15) is 9.59 Å². The molecule has 21 heavy (non-hydrogen) atoms. The summed E-state index contributed by atoms with van der Waals surface area (Å²) >= 11 is 0. The van der Waals surface area contributed by atoms with E-state index in [0.29, 0.717) is 17.2 Å². The van der Waals surface area contributed by atoms with Crippen molar-refractivity contribution in [2.75, 3.05) is 6.61 Å². The maximum atomic E-state index is 12.0. The smallest absolute Gasteiger partial charge is 0.258 e. The Kier molecular flexibility index (Phi) is 5.37. The Labute approximate surface area is 125 Å². The minimum Gasteiger partial charge on any atom is -0.483 e. The van der Waals surface area contributed by atoms with Crippen LogP contribution in [0.1, 0.15) is 49.9 Å². The third-order valence-electron chi connectivity index (χ3n) is 4.08. The Hall–Kier alpha value is -1.84. The van der Waals surface area contributed by atoms with Crippen molar-refractivity contribution in [3.8, 4) is 5.75 Å². The molecule has 1 fully saturated rings. The highest BCUT2D eigenvalue weighted by Crippen LogP contribution is 2.23. The van der Waals surface area contributed by atoms with Crippen molar-refractivity contribution >= 4 is 11.7 Å². The molecule has 2 rings (SSSR count). The van der Waals surface area contributed by atoms with Gasteiger partial charge in [-0.15, -0.1) is 0 Å². The van der Waals surface area contributed by atoms with E-state index < -0.39 is 0 Å². The molecule has 0 aromatic heterocycles. The van der Waals surface area contributed by atoms with E-state index in [1.807, 2.05) is 0 Å². The fourth-order valence-corrected chi connectivity index (χ4v) is 2.81. The molecular formula is C17H23NO3. The molecule has 1 saturated carbocycles. The lowest BCUT2D eigenvalue weighted by atomic mass is 9.86. The van der Waals surface area contributed by atoms with E-state index in [0.717, 1.165) is 6.42 Å². The Morgan fingerprint density at radius 1 is 1.24 bits per heavy atom. The molecule has 0 radical (unpaired) electrons. The molecule has 1 N–H and O–H groups in total. The van der Waals surface area contributed by atoms with Crippen molar-refractivity contribution in [1.29, 1.82) is 0 Å². The molecule has 1 aliphatic carbocycles. The number of benzene rings is 1. The van der Waals surface area contributed by atoms with E-state index >= 15 is 0 Å². The predicted octanol–water partition coefficient (Wildman–Crippen LogP) is 2.96. The first-order valence-electron chi connectivity index (χ1n) is 7.60. The Balaban J connectivity index is 1.88. The van der Waals surface area contributed by atoms with Gasteiger partial charge in [0, 0.05) is 6.04 Å². The fraction of sp³-hybridized carbons (Fsp3) is 0.529. The second kappa shape index (κ2) is 7.25. The third-order valence-corrected chi connectivity index (χ3v) is 4.08. The lowest BCUT2D eigenvalue weighted by Crippen LogP contribution is -2.43. The second-order valence-corrected chi connectivity index (χ2v) is 5.78. The number of rotatable bonds is 5. The minimum absolute atomic E-state index is 0.0481. The summed E-state index contributed by atoms with van der Waals surface area (Å²) < 4.78 is 5.50. The van der Waals surface area contributed by atoms with Crippen LogP contribution >= 0.6 is 0 Å². The number of para-hydroxylation sites is 1. The van der Waals surface area contributed by atoms with Crippen LogP contribution in [0.25, 0.3) is 0 Å². The van der Waals surface area contributed by atoms with Gasteiger partial charge in [-0.25, -0.2) is 0 Å². The van der Waals surface area contributed by atoms with Crippen LogP contribution in [0.2, 0.25) is 0 Å². The van der Waals surface area contributed by atoms with Gasteiger partial charge in [-0.05, 0) is 37.8 Å². The highest BCUT2D eigenvalue weighted by Gasteiger charge is 2.22. The molecule has 1 amide bonds. The van der Waals surface area contributed by atoms with Crippen LogP contribution in [0.15, 0.2) is 24.3 Å². The molecule has 0 bridgehead atoms. The normalized spacial score (nSPS) is 21.6. The number of carbonyl (C=O) groups excluding carboxylic acids is 2. The lowest BCUT2D eigenvalue weighted by Gasteiger charge is -2.29. The molecular weight excluding hydrogens is 266 g/mol. The average molecular weight is 289 g/mol. The molecule has 4 heteroatoms. The topological polar surface area (TPSA) is 55.4 Å². The zero-order valence-electron chi connectivity index (χ0n) is 12.7. The number of amides is 1. The van der Waals surface area contributed by atoms with Gasteiger partial charge in [-0.1, -0.05) is 31.9 Å². The largest absolute Gasteiger partial charge is 0.483 e. The van der Waals surface area contributed by atoms with Crippen LogP contribution < -0.4 is 10.1 Å². The third kappa shape index (κ3) is 4.31. The zero-order valence-corrected chi connectivity index (χ0v) is 12.7. The highest BCUT2D eigenvalue weighted by atomic mass is 16.5. The lowest BCUT2D eigenvalue weighted by molar-refractivity contribution is -0.124. The van der Waals surface area contributed by atoms with Gasteiger partial charge in [0.1, 0.15) is 5.75 Å². The first kappa shape index (κ1) is 15.5. The highest BCUT2D eigenvalue weighted by molar-refractivity contribution is 5.96. The molecule has 1 aromatic rings. The number of Topliss-reactive ketones (excluding diaryl/α,β-unsaturated/α-hetero) is 1. The summed E-state index contributed by atoms with van der Waals surface area (Å²) in [6, 6.07) is 7.25. The zero-order chi connectivity index (χ0) is 15.2. The SMILES string of the molecule is CC(=O)c1ccccc1OCC(=O)N[C@H]1CCCC[C@@H]1C. The van der Waals surface area contributed by atoms with Gasteiger partial charge in [-0.2, -0.15) is 0 Å². The second-order valence-electron chi connectivity index (χ2n) is 5.78. The molecule has 0 saturated heterocycles. The van der Waals surface area contributed by atoms with Crippen molar-refractivity contribution < 1.29 is 14.3 Å². The molecule has 0 unspecified atom stereocenters. The number of hydrogen-bond acceptors (Lipinski definition) is 3. The number of hydrogen-bond donors (Lipinski definition) is 1. The number of ether oxygens (including phenoxy) is 1. The summed E-state index contributed by atoms with van der Waals surface area (Å²) in [5, 5.41) is 3.04. The molecule has 0 aliphatic heterocycles. The predicted molar refractivity (Wildman–Crippen MR) is 81.5 cm³/mol. The van der Waals surface area contributed by atoms with E-state index in [-0.39, 0.29) is 24.3 Å². The van der Waals surface area contributed by atoms with Crippen LogP contribution in [-0.4, -0.2) is 24.3 Å². The van der Waals surface area contributed by atoms with Gasteiger partial charge in [0.25, 0.3) is 5.91 Å². The van der Waals surface area contributed by atoms with Gasteiger partial charge in [0.2, 0.25) is 0 Å². The van der Waals surface area contributed by atoms with Crippen LogP contribution in [0.4, 0.5) is 0 Å². The minimum atomic E-state index is -0.118. The standard InChI is InChI=1S/C17H23NO3/c1-12-7-3-5-9-15(12)18-17(20)11-21-16-10-6-4-8-14(16)13(2)19/h4,6,8,10,12,15H,3,5,7,9,11H2,1-2H3,(H,18,20)/t12-,15-/m0/s1. The van der Waals surface area contributed by atoms with Crippen molar-refractivity contribution in [2.24, 2.45) is 5.92 Å². The molecule has 2 atom stereocenters. The average Bonchev–Trinajstić information content (AvgIpc) is 2.48. The summed E-state index contributed by atoms with van der Waals surface area (Å²) in [5.41, 5.74) is 0.510. The first-order valence-corrected chi connectivity index (χ1v) is 7.60. The molecule has 1 aliphatic rings. The van der Waals surface area contributed by atoms with Crippen LogP contribution in [0.5, 0.6) is 5.75 Å². The van der Waals surface area contributed by atoms with Crippen LogP contribution in [-0.2, 0) is 4.79 Å². The monoisotopic (exact) mass is 289 g/mol. The van der Waals surface area contributed by atoms with E-state index in [1.54, 1.807) is 24.3 Å². The maximum Gasteiger partial charge on any atom is 0.258 e. The fourth-order valence-electron chi connectivity index (χ4n) is 2.81. The quantitative estimate of drug-likeness (QED) is 0.848. The summed E-state index contributed by atoms with van der Waals surface area (Å²) in [6.07, 6.45) is 4.62. The molecule has 114 valence electrons. The summed E-state index contributed by atoms with van der Waals surface area (Å²) in [7, 11) is 0. The van der Waals surface area contributed by atoms with Gasteiger partial charge in [-0.3, -0.25) is 9.59 Å². The van der Waals surface area contributed by atoms with Crippen molar-refractivity contribution in [3.05, 3.63) is 29.8 Å². The molecule has 4 nitrogen and oxygen atoms in total. The first-order chi connectivity index (χ1) is 10.1. The Morgan fingerprint density at radius 2 is 1.95 bits per heavy atom. The van der Waals surface area contributed by atoms with E-state index in [4.69, 9.17) is 4.74 Å². The molecule has 0 spiro atoms. The maximum absolute atomic E-state index is 12.0. The van der Waals surface area contributed by atoms with Gasteiger partial charge < -0.3 is 10.1 Å². The Bertz CT molecular complexity index is 513. The van der Waals surface area contributed by atoms with Gasteiger partial charge >= 0.3 is 0 Å². The number of ketones is 1. The molecule has 0 heterocycles. The van der Waals surface area contributed by atoms with Crippen molar-refractivity contribution in [3.63, 3.8) is 0 Å². The Morgan fingerprint density at radius 3 is 2.67 bits per heavy atom. The number of nitrogens with one attached hydrogen (secondary N) is 1. The summed E-state index contributed by atoms with van der Waals surface area (Å²) in [6.45, 7) is 3.62. The van der Waals surface area contributed by atoms with Gasteiger partial charge in [0.15, 0.2) is 12.4 Å². The van der Waals surface area contributed by atoms with E-state index in [2.05, 4.69) is 12.2 Å². The molecule has 1 aromatic carbocycles. The van der Waals surface area contributed by atoms with Crippen LogP contribution in [0.3, 0.4) is 0 Å². The van der Waals surface area contributed by atoms with Crippen LogP contribution in [0, 0.1) is 5.92 Å². The summed E-state index contributed by atoms with van der Waals surface area (Å²) in [4.78, 5) is 23.5. The number of carbonyl (C=O) groups is 2. The van der Waals surface area contributed by atoms with Crippen molar-refractivity contribution in [2.45, 2.75) is 45.6 Å².